The van der Waals surface area contributed by atoms with E-state index < -0.39 is 0 Å². The second-order valence-corrected chi connectivity index (χ2v) is 5.70. The number of hydrogen-bond donors (Lipinski definition) is 2. The molecule has 2 aliphatic heterocycles. The molecule has 0 amide bonds. The zero-order valence-corrected chi connectivity index (χ0v) is 11.0. The molecule has 1 aromatic rings. The summed E-state index contributed by atoms with van der Waals surface area (Å²) in [5.41, 5.74) is 1.99. The Morgan fingerprint density at radius 1 is 1.28 bits per heavy atom. The molecule has 18 heavy (non-hydrogen) atoms. The lowest BCUT2D eigenvalue weighted by Crippen LogP contribution is -2.42. The number of piperidine rings is 1. The first-order valence-electron chi connectivity index (χ1n) is 7.02. The van der Waals surface area contributed by atoms with E-state index in [2.05, 4.69) is 16.3 Å². The molecule has 3 nitrogen and oxygen atoms in total. The zero-order chi connectivity index (χ0) is 12.5. The van der Waals surface area contributed by atoms with Crippen LogP contribution >= 0.6 is 0 Å². The maximum atomic E-state index is 9.73. The van der Waals surface area contributed by atoms with Crippen LogP contribution in [0.25, 0.3) is 0 Å². The molecule has 2 N–H and O–H groups in total. The van der Waals surface area contributed by atoms with Gasteiger partial charge in [-0.25, -0.2) is 0 Å². The molecule has 0 aromatic heterocycles. The predicted octanol–water partition coefficient (Wildman–Crippen LogP) is 2.74. The third-order valence-electron chi connectivity index (χ3n) is 4.40. The molecule has 0 radical (unpaired) electrons. The van der Waals surface area contributed by atoms with Crippen molar-refractivity contribution in [2.45, 2.75) is 44.7 Å². The Balaban J connectivity index is 1.64. The SMILES string of the molecule is Cc1ccc(NC2CCN3CCCC3C2)cc1O. The van der Waals surface area contributed by atoms with Crippen molar-refractivity contribution >= 4 is 5.69 Å². The van der Waals surface area contributed by atoms with Gasteiger partial charge >= 0.3 is 0 Å². The van der Waals surface area contributed by atoms with E-state index >= 15 is 0 Å². The summed E-state index contributed by atoms with van der Waals surface area (Å²) < 4.78 is 0. The third kappa shape index (κ3) is 2.32. The average molecular weight is 246 g/mol. The molecule has 1 aromatic carbocycles. The minimum absolute atomic E-state index is 0.387. The molecular formula is C15H22N2O. The van der Waals surface area contributed by atoms with E-state index in [4.69, 9.17) is 0 Å². The van der Waals surface area contributed by atoms with E-state index in [0.29, 0.717) is 11.8 Å². The molecule has 98 valence electrons. The standard InChI is InChI=1S/C15H22N2O/c1-11-4-5-12(10-15(11)18)16-13-6-8-17-7-2-3-14(17)9-13/h4-5,10,13-14,16,18H,2-3,6-9H2,1H3. The number of nitrogens with one attached hydrogen (secondary N) is 1. The number of phenols is 1. The molecule has 0 spiro atoms. The predicted molar refractivity (Wildman–Crippen MR) is 74.1 cm³/mol. The van der Waals surface area contributed by atoms with E-state index in [0.717, 1.165) is 17.3 Å². The number of rotatable bonds is 2. The summed E-state index contributed by atoms with van der Waals surface area (Å²) in [7, 11) is 0. The van der Waals surface area contributed by atoms with E-state index in [9.17, 15) is 5.11 Å². The van der Waals surface area contributed by atoms with E-state index in [-0.39, 0.29) is 0 Å². The molecule has 2 heterocycles. The van der Waals surface area contributed by atoms with Crippen LogP contribution in [0.2, 0.25) is 0 Å². The minimum Gasteiger partial charge on any atom is -0.508 e. The molecule has 2 atom stereocenters. The van der Waals surface area contributed by atoms with Gasteiger partial charge in [-0.15, -0.1) is 0 Å². The van der Waals surface area contributed by atoms with Crippen LogP contribution < -0.4 is 5.32 Å². The van der Waals surface area contributed by atoms with Gasteiger partial charge in [-0.3, -0.25) is 0 Å². The quantitative estimate of drug-likeness (QED) is 0.842. The van der Waals surface area contributed by atoms with Crippen LogP contribution in [0.3, 0.4) is 0 Å². The lowest BCUT2D eigenvalue weighted by atomic mass is 9.97. The van der Waals surface area contributed by atoms with Gasteiger partial charge in [0.2, 0.25) is 0 Å². The Morgan fingerprint density at radius 2 is 2.17 bits per heavy atom. The van der Waals surface area contributed by atoms with Crippen molar-refractivity contribution in [3.8, 4) is 5.75 Å². The first-order valence-corrected chi connectivity index (χ1v) is 7.02. The fourth-order valence-corrected chi connectivity index (χ4v) is 3.29. The Bertz CT molecular complexity index is 433. The number of fused-ring (bicyclic) bond motifs is 1. The highest BCUT2D eigenvalue weighted by Crippen LogP contribution is 2.29. The Kier molecular flexibility index (Phi) is 3.16. The number of anilines is 1. The molecule has 3 heteroatoms. The molecule has 0 saturated carbocycles. The number of phenolic OH excluding ortho intramolecular Hbond substituents is 1. The molecule has 0 aliphatic carbocycles. The molecular weight excluding hydrogens is 224 g/mol. The van der Waals surface area contributed by atoms with Crippen molar-refractivity contribution in [1.82, 2.24) is 4.90 Å². The number of nitrogens with zero attached hydrogens (tertiary/aromatic N) is 1. The van der Waals surface area contributed by atoms with Crippen LogP contribution in [-0.2, 0) is 0 Å². The van der Waals surface area contributed by atoms with Crippen molar-refractivity contribution in [2.24, 2.45) is 0 Å². The molecule has 2 unspecified atom stereocenters. The highest BCUT2D eigenvalue weighted by atomic mass is 16.3. The number of aromatic hydroxyl groups is 1. The smallest absolute Gasteiger partial charge is 0.120 e. The maximum absolute atomic E-state index is 9.73. The summed E-state index contributed by atoms with van der Waals surface area (Å²) in [5.74, 6) is 0.387. The van der Waals surface area contributed by atoms with Gasteiger partial charge in [0.1, 0.15) is 5.75 Å². The molecule has 2 fully saturated rings. The van der Waals surface area contributed by atoms with Gasteiger partial charge in [-0.05, 0) is 50.8 Å². The topological polar surface area (TPSA) is 35.5 Å². The van der Waals surface area contributed by atoms with Crippen molar-refractivity contribution in [1.29, 1.82) is 0 Å². The number of benzene rings is 1. The highest BCUT2D eigenvalue weighted by molar-refractivity contribution is 5.51. The molecule has 3 rings (SSSR count). The lowest BCUT2D eigenvalue weighted by molar-refractivity contribution is 0.188. The summed E-state index contributed by atoms with van der Waals surface area (Å²) in [6.45, 7) is 4.44. The zero-order valence-electron chi connectivity index (χ0n) is 11.0. The monoisotopic (exact) mass is 246 g/mol. The van der Waals surface area contributed by atoms with Gasteiger partial charge in [-0.1, -0.05) is 6.07 Å². The first kappa shape index (κ1) is 11.8. The summed E-state index contributed by atoms with van der Waals surface area (Å²) in [5, 5.41) is 13.3. The van der Waals surface area contributed by atoms with E-state index in [1.54, 1.807) is 0 Å². The summed E-state index contributed by atoms with van der Waals surface area (Å²) in [6.07, 6.45) is 5.18. The Morgan fingerprint density at radius 3 is 3.00 bits per heavy atom. The van der Waals surface area contributed by atoms with Crippen LogP contribution in [0.15, 0.2) is 18.2 Å². The van der Waals surface area contributed by atoms with Gasteiger partial charge in [0.15, 0.2) is 0 Å². The Labute approximate surface area is 109 Å². The van der Waals surface area contributed by atoms with Crippen molar-refractivity contribution < 1.29 is 5.11 Å². The maximum Gasteiger partial charge on any atom is 0.120 e. The van der Waals surface area contributed by atoms with E-state index in [1.165, 1.54) is 38.8 Å². The van der Waals surface area contributed by atoms with Crippen molar-refractivity contribution in [2.75, 3.05) is 18.4 Å². The normalized spacial score (nSPS) is 28.1. The van der Waals surface area contributed by atoms with Crippen LogP contribution in [0, 0.1) is 6.92 Å². The molecule has 2 aliphatic rings. The second-order valence-electron chi connectivity index (χ2n) is 5.70. The summed E-state index contributed by atoms with van der Waals surface area (Å²) in [4.78, 5) is 2.63. The molecule has 2 saturated heterocycles. The first-order chi connectivity index (χ1) is 8.72. The average Bonchev–Trinajstić information content (AvgIpc) is 2.81. The summed E-state index contributed by atoms with van der Waals surface area (Å²) >= 11 is 0. The highest BCUT2D eigenvalue weighted by Gasteiger charge is 2.31. The number of aryl methyl sites for hydroxylation is 1. The van der Waals surface area contributed by atoms with Gasteiger partial charge < -0.3 is 15.3 Å². The molecule has 0 bridgehead atoms. The van der Waals surface area contributed by atoms with Crippen molar-refractivity contribution in [3.05, 3.63) is 23.8 Å². The van der Waals surface area contributed by atoms with Crippen LogP contribution in [0.4, 0.5) is 5.69 Å². The van der Waals surface area contributed by atoms with Crippen LogP contribution in [0.1, 0.15) is 31.2 Å². The minimum atomic E-state index is 0.387. The Hall–Kier alpha value is -1.22. The number of hydrogen-bond acceptors (Lipinski definition) is 3. The fourth-order valence-electron chi connectivity index (χ4n) is 3.29. The fraction of sp³-hybridized carbons (Fsp3) is 0.600. The second kappa shape index (κ2) is 4.81. The van der Waals surface area contributed by atoms with Gasteiger partial charge in [0.25, 0.3) is 0 Å². The lowest BCUT2D eigenvalue weighted by Gasteiger charge is -2.35. The van der Waals surface area contributed by atoms with Gasteiger partial charge in [0, 0.05) is 30.4 Å². The summed E-state index contributed by atoms with van der Waals surface area (Å²) in [6, 6.07) is 7.23. The van der Waals surface area contributed by atoms with Crippen molar-refractivity contribution in [3.63, 3.8) is 0 Å². The third-order valence-corrected chi connectivity index (χ3v) is 4.40. The van der Waals surface area contributed by atoms with Gasteiger partial charge in [-0.2, -0.15) is 0 Å². The van der Waals surface area contributed by atoms with E-state index in [1.807, 2.05) is 19.1 Å². The largest absolute Gasteiger partial charge is 0.508 e. The van der Waals surface area contributed by atoms with Gasteiger partial charge in [0.05, 0.1) is 0 Å². The van der Waals surface area contributed by atoms with Crippen LogP contribution in [0.5, 0.6) is 5.75 Å². The van der Waals surface area contributed by atoms with Crippen LogP contribution in [-0.4, -0.2) is 35.2 Å².